The minimum atomic E-state index is 0.534. The second-order valence-electron chi connectivity index (χ2n) is 8.30. The smallest absolute Gasteiger partial charge is 0.140 e. The average molecular weight is 482 g/mol. The van der Waals surface area contributed by atoms with Crippen molar-refractivity contribution in [3.8, 4) is 5.75 Å². The van der Waals surface area contributed by atoms with Gasteiger partial charge in [-0.3, -0.25) is 0 Å². The molecule has 2 aromatic carbocycles. The number of hydrogen-bond acceptors (Lipinski definition) is 4. The summed E-state index contributed by atoms with van der Waals surface area (Å²) in [5.74, 6) is 4.23. The molecule has 0 bridgehead atoms. The maximum Gasteiger partial charge on any atom is 0.140 e. The number of para-hydroxylation sites is 1. The highest BCUT2D eigenvalue weighted by molar-refractivity contribution is 9.10. The zero-order valence-electron chi connectivity index (χ0n) is 19.0. The van der Waals surface area contributed by atoms with Gasteiger partial charge >= 0.3 is 0 Å². The molecule has 0 unspecified atom stereocenters. The molecule has 0 radical (unpaired) electrons. The summed E-state index contributed by atoms with van der Waals surface area (Å²) in [6.45, 7) is 8.16. The highest BCUT2D eigenvalue weighted by atomic mass is 79.9. The van der Waals surface area contributed by atoms with Gasteiger partial charge in [-0.2, -0.15) is 0 Å². The molecule has 31 heavy (non-hydrogen) atoms. The highest BCUT2D eigenvalue weighted by Gasteiger charge is 2.30. The normalized spacial score (nSPS) is 16.7. The van der Waals surface area contributed by atoms with Gasteiger partial charge in [0.2, 0.25) is 0 Å². The molecule has 5 heteroatoms. The van der Waals surface area contributed by atoms with Crippen LogP contribution in [-0.2, 0) is 0 Å². The van der Waals surface area contributed by atoms with Gasteiger partial charge in [0.15, 0.2) is 0 Å². The molecule has 4 nitrogen and oxygen atoms in total. The lowest BCUT2D eigenvalue weighted by Gasteiger charge is -2.34. The van der Waals surface area contributed by atoms with Gasteiger partial charge in [-0.25, -0.2) is 9.97 Å². The topological polar surface area (TPSA) is 38.2 Å². The highest BCUT2D eigenvalue weighted by Crippen LogP contribution is 2.42. The number of methoxy groups -OCH3 is 1. The van der Waals surface area contributed by atoms with E-state index < -0.39 is 0 Å². The summed E-state index contributed by atoms with van der Waals surface area (Å²) < 4.78 is 6.70. The molecule has 1 saturated heterocycles. The zero-order valence-corrected chi connectivity index (χ0v) is 20.6. The van der Waals surface area contributed by atoms with Gasteiger partial charge in [-0.05, 0) is 67.9 Å². The van der Waals surface area contributed by atoms with E-state index in [9.17, 15) is 0 Å². The SMILES string of the molecule is CC.COc1ccccc1C1CCN(c2nc(C3CC3)nc3c(C)cc(Br)cc23)CC1. The van der Waals surface area contributed by atoms with Crippen molar-refractivity contribution >= 4 is 32.7 Å². The van der Waals surface area contributed by atoms with Gasteiger partial charge in [-0.15, -0.1) is 0 Å². The van der Waals surface area contributed by atoms with E-state index in [1.807, 2.05) is 19.9 Å². The maximum atomic E-state index is 5.60. The summed E-state index contributed by atoms with van der Waals surface area (Å²) in [4.78, 5) is 12.5. The summed E-state index contributed by atoms with van der Waals surface area (Å²) in [6.07, 6.45) is 4.65. The Bertz CT molecular complexity index is 1060. The number of anilines is 1. The number of fused-ring (bicyclic) bond motifs is 1. The van der Waals surface area contributed by atoms with Crippen LogP contribution in [0, 0.1) is 6.92 Å². The largest absolute Gasteiger partial charge is 0.496 e. The van der Waals surface area contributed by atoms with Crippen LogP contribution in [0.3, 0.4) is 0 Å². The number of aromatic nitrogens is 2. The Morgan fingerprint density at radius 2 is 1.68 bits per heavy atom. The van der Waals surface area contributed by atoms with Crippen molar-refractivity contribution in [1.82, 2.24) is 9.97 Å². The standard InChI is InChI=1S/C24H26BrN3O.C2H6/c1-15-13-18(25)14-20-22(15)26-23(17-7-8-17)27-24(20)28-11-9-16(10-12-28)19-5-3-4-6-21(19)29-2;1-2/h3-6,13-14,16-17H,7-12H2,1-2H3;1-2H3. The summed E-state index contributed by atoms with van der Waals surface area (Å²) in [6, 6.07) is 12.8. The fourth-order valence-electron chi connectivity index (χ4n) is 4.53. The molecule has 0 amide bonds. The Kier molecular flexibility index (Phi) is 6.80. The second kappa shape index (κ2) is 9.56. The summed E-state index contributed by atoms with van der Waals surface area (Å²) in [7, 11) is 1.76. The van der Waals surface area contributed by atoms with Gasteiger partial charge in [0, 0.05) is 28.9 Å². The number of piperidine rings is 1. The molecule has 164 valence electrons. The van der Waals surface area contributed by atoms with Gasteiger partial charge in [0.05, 0.1) is 12.6 Å². The van der Waals surface area contributed by atoms with Crippen LogP contribution in [0.15, 0.2) is 40.9 Å². The first kappa shape index (κ1) is 22.1. The summed E-state index contributed by atoms with van der Waals surface area (Å²) in [5.41, 5.74) is 3.65. The molecular weight excluding hydrogens is 450 g/mol. The third-order valence-electron chi connectivity index (χ3n) is 6.27. The van der Waals surface area contributed by atoms with Crippen LogP contribution in [0.25, 0.3) is 10.9 Å². The van der Waals surface area contributed by atoms with Crippen LogP contribution < -0.4 is 9.64 Å². The van der Waals surface area contributed by atoms with Crippen LogP contribution in [-0.4, -0.2) is 30.2 Å². The van der Waals surface area contributed by atoms with Crippen molar-refractivity contribution in [1.29, 1.82) is 0 Å². The molecule has 0 N–H and O–H groups in total. The van der Waals surface area contributed by atoms with E-state index in [2.05, 4.69) is 58.1 Å². The van der Waals surface area contributed by atoms with E-state index in [0.29, 0.717) is 11.8 Å². The minimum Gasteiger partial charge on any atom is -0.496 e. The molecule has 1 aromatic heterocycles. The third-order valence-corrected chi connectivity index (χ3v) is 6.73. The Morgan fingerprint density at radius 1 is 0.968 bits per heavy atom. The molecule has 1 aliphatic heterocycles. The van der Waals surface area contributed by atoms with Gasteiger partial charge in [0.1, 0.15) is 17.4 Å². The Morgan fingerprint density at radius 3 is 2.35 bits per heavy atom. The van der Waals surface area contributed by atoms with E-state index in [1.165, 1.54) is 24.0 Å². The Balaban J connectivity index is 0.00000112. The van der Waals surface area contributed by atoms with E-state index >= 15 is 0 Å². The van der Waals surface area contributed by atoms with Crippen molar-refractivity contribution in [2.75, 3.05) is 25.1 Å². The van der Waals surface area contributed by atoms with E-state index in [4.69, 9.17) is 14.7 Å². The summed E-state index contributed by atoms with van der Waals surface area (Å²) >= 11 is 3.67. The number of rotatable bonds is 4. The van der Waals surface area contributed by atoms with Gasteiger partial charge in [-0.1, -0.05) is 48.0 Å². The predicted octanol–water partition coefficient (Wildman–Crippen LogP) is 7.00. The first-order valence-corrected chi connectivity index (χ1v) is 12.3. The summed E-state index contributed by atoms with van der Waals surface area (Å²) in [5, 5.41) is 1.16. The van der Waals surface area contributed by atoms with Gasteiger partial charge < -0.3 is 9.64 Å². The number of nitrogens with zero attached hydrogens (tertiary/aromatic N) is 3. The molecule has 0 atom stereocenters. The van der Waals surface area contributed by atoms with E-state index in [0.717, 1.165) is 58.7 Å². The van der Waals surface area contributed by atoms with Crippen molar-refractivity contribution in [2.24, 2.45) is 0 Å². The van der Waals surface area contributed by atoms with E-state index in [-0.39, 0.29) is 0 Å². The number of hydrogen-bond donors (Lipinski definition) is 0. The van der Waals surface area contributed by atoms with Crippen molar-refractivity contribution in [2.45, 2.75) is 58.3 Å². The van der Waals surface area contributed by atoms with Crippen LogP contribution in [0.4, 0.5) is 5.82 Å². The van der Waals surface area contributed by atoms with Gasteiger partial charge in [0.25, 0.3) is 0 Å². The number of halogens is 1. The first-order chi connectivity index (χ1) is 15.1. The quantitative estimate of drug-likeness (QED) is 0.402. The lowest BCUT2D eigenvalue weighted by atomic mass is 9.88. The molecule has 3 aromatic rings. The molecule has 2 heterocycles. The lowest BCUT2D eigenvalue weighted by molar-refractivity contribution is 0.397. The molecule has 2 aliphatic rings. The maximum absolute atomic E-state index is 5.60. The van der Waals surface area contributed by atoms with Crippen LogP contribution in [0.5, 0.6) is 5.75 Å². The number of ether oxygens (including phenoxy) is 1. The average Bonchev–Trinajstić information content (AvgIpc) is 3.66. The molecule has 2 fully saturated rings. The Labute approximate surface area is 194 Å². The van der Waals surface area contributed by atoms with Crippen LogP contribution in [0.2, 0.25) is 0 Å². The fraction of sp³-hybridized carbons (Fsp3) is 0.462. The fourth-order valence-corrected chi connectivity index (χ4v) is 5.11. The second-order valence-corrected chi connectivity index (χ2v) is 9.22. The van der Waals surface area contributed by atoms with Crippen LogP contribution >= 0.6 is 15.9 Å². The number of aryl methyl sites for hydroxylation is 1. The van der Waals surface area contributed by atoms with E-state index in [1.54, 1.807) is 7.11 Å². The molecule has 1 saturated carbocycles. The molecular formula is C26H32BrN3O. The predicted molar refractivity (Wildman–Crippen MR) is 132 cm³/mol. The number of benzene rings is 2. The lowest BCUT2D eigenvalue weighted by Crippen LogP contribution is -2.34. The van der Waals surface area contributed by atoms with Crippen molar-refractivity contribution in [3.05, 3.63) is 57.8 Å². The first-order valence-electron chi connectivity index (χ1n) is 11.5. The molecule has 1 aliphatic carbocycles. The third kappa shape index (κ3) is 4.57. The monoisotopic (exact) mass is 481 g/mol. The molecule has 5 rings (SSSR count). The zero-order chi connectivity index (χ0) is 22.0. The van der Waals surface area contributed by atoms with Crippen molar-refractivity contribution in [3.63, 3.8) is 0 Å². The molecule has 0 spiro atoms. The van der Waals surface area contributed by atoms with Crippen molar-refractivity contribution < 1.29 is 4.74 Å². The minimum absolute atomic E-state index is 0.534. The van der Waals surface area contributed by atoms with Crippen LogP contribution in [0.1, 0.15) is 68.3 Å². The Hall–Kier alpha value is -2.14.